The van der Waals surface area contributed by atoms with Gasteiger partial charge in [0.15, 0.2) is 6.61 Å². The van der Waals surface area contributed by atoms with Crippen molar-refractivity contribution in [2.24, 2.45) is 0 Å². The number of ether oxygens (including phenoxy) is 1. The maximum atomic E-state index is 12.6. The summed E-state index contributed by atoms with van der Waals surface area (Å²) < 4.78 is 47.5. The fraction of sp³-hybridized carbons (Fsp3) is 0.118. The molecule has 10 heteroatoms. The predicted octanol–water partition coefficient (Wildman–Crippen LogP) is 3.52. The summed E-state index contributed by atoms with van der Waals surface area (Å²) in [6, 6.07) is 7.51. The number of aromatic nitrogens is 2. The van der Waals surface area contributed by atoms with Crippen molar-refractivity contribution in [3.05, 3.63) is 59.5 Å². The second-order valence-corrected chi connectivity index (χ2v) is 5.36. The fourth-order valence-corrected chi connectivity index (χ4v) is 2.14. The molecular weight excluding hydrogens is 369 g/mol. The fourth-order valence-electron chi connectivity index (χ4n) is 2.14. The molecule has 27 heavy (non-hydrogen) atoms. The number of halogens is 3. The van der Waals surface area contributed by atoms with Crippen molar-refractivity contribution in [2.75, 3.05) is 0 Å². The summed E-state index contributed by atoms with van der Waals surface area (Å²) in [7, 11) is 0. The number of carbonyl (C=O) groups is 1. The second-order valence-electron chi connectivity index (χ2n) is 5.36. The molecule has 0 aliphatic carbocycles. The van der Waals surface area contributed by atoms with E-state index < -0.39 is 30.1 Å². The number of hydrogen-bond acceptors (Lipinski definition) is 7. The lowest BCUT2D eigenvalue weighted by atomic mass is 10.1. The van der Waals surface area contributed by atoms with Crippen molar-refractivity contribution < 1.29 is 37.4 Å². The van der Waals surface area contributed by atoms with E-state index in [9.17, 15) is 28.2 Å². The molecule has 0 bridgehead atoms. The first-order chi connectivity index (χ1) is 12.7. The topological polar surface area (TPSA) is 106 Å². The molecule has 3 rings (SSSR count). The number of phenolic OH excluding ortho intramolecular Hbond substituents is 2. The zero-order valence-corrected chi connectivity index (χ0v) is 13.4. The normalized spacial score (nSPS) is 11.4. The van der Waals surface area contributed by atoms with Gasteiger partial charge >= 0.3 is 12.1 Å². The first-order valence-electron chi connectivity index (χ1n) is 7.43. The summed E-state index contributed by atoms with van der Waals surface area (Å²) in [5, 5.41) is 22.4. The van der Waals surface area contributed by atoms with E-state index in [0.29, 0.717) is 5.56 Å². The van der Waals surface area contributed by atoms with Crippen molar-refractivity contribution in [3.63, 3.8) is 0 Å². The minimum atomic E-state index is -4.45. The van der Waals surface area contributed by atoms with Crippen LogP contribution in [0.4, 0.5) is 13.2 Å². The highest BCUT2D eigenvalue weighted by atomic mass is 19.4. The van der Waals surface area contributed by atoms with Crippen molar-refractivity contribution in [3.8, 4) is 22.9 Å². The molecule has 0 aliphatic rings. The molecule has 3 aromatic rings. The molecule has 0 saturated heterocycles. The molecule has 1 heterocycles. The quantitative estimate of drug-likeness (QED) is 0.667. The molecule has 0 saturated carbocycles. The molecule has 0 amide bonds. The van der Waals surface area contributed by atoms with Crippen LogP contribution in [-0.2, 0) is 17.5 Å². The Morgan fingerprint density at radius 2 is 1.81 bits per heavy atom. The lowest BCUT2D eigenvalue weighted by molar-refractivity contribution is -0.137. The largest absolute Gasteiger partial charge is 0.508 e. The summed E-state index contributed by atoms with van der Waals surface area (Å²) in [5.41, 5.74) is -0.687. The molecule has 0 fully saturated rings. The van der Waals surface area contributed by atoms with Crippen LogP contribution in [0, 0.1) is 0 Å². The van der Waals surface area contributed by atoms with E-state index in [-0.39, 0.29) is 23.0 Å². The van der Waals surface area contributed by atoms with Crippen molar-refractivity contribution >= 4 is 5.97 Å². The van der Waals surface area contributed by atoms with Gasteiger partial charge in [-0.15, -0.1) is 0 Å². The molecule has 0 spiro atoms. The highest BCUT2D eigenvalue weighted by Gasteiger charge is 2.30. The number of carbonyl (C=O) groups excluding carboxylic acids is 1. The zero-order chi connectivity index (χ0) is 19.6. The summed E-state index contributed by atoms with van der Waals surface area (Å²) in [5.74, 6) is -1.63. The first kappa shape index (κ1) is 18.2. The third-order valence-corrected chi connectivity index (χ3v) is 3.47. The molecule has 0 unspecified atom stereocenters. The number of nitrogens with zero attached hydrogens (tertiary/aromatic N) is 2. The highest BCUT2D eigenvalue weighted by molar-refractivity contribution is 5.92. The molecular formula is C17H11F3N2O5. The van der Waals surface area contributed by atoms with Crippen molar-refractivity contribution in [1.82, 2.24) is 10.1 Å². The maximum Gasteiger partial charge on any atom is 0.416 e. The Labute approximate surface area is 149 Å². The summed E-state index contributed by atoms with van der Waals surface area (Å²) in [4.78, 5) is 15.8. The van der Waals surface area contributed by atoms with E-state index in [4.69, 9.17) is 9.26 Å². The van der Waals surface area contributed by atoms with Gasteiger partial charge in [0.2, 0.25) is 5.82 Å². The predicted molar refractivity (Wildman–Crippen MR) is 83.6 cm³/mol. The van der Waals surface area contributed by atoms with Gasteiger partial charge in [0, 0.05) is 11.6 Å². The number of phenols is 2. The zero-order valence-electron chi connectivity index (χ0n) is 13.4. The molecule has 1 aromatic heterocycles. The van der Waals surface area contributed by atoms with E-state index >= 15 is 0 Å². The average Bonchev–Trinajstić information content (AvgIpc) is 3.08. The Balaban J connectivity index is 1.66. The van der Waals surface area contributed by atoms with Crippen LogP contribution in [0.1, 0.15) is 21.8 Å². The highest BCUT2D eigenvalue weighted by Crippen LogP contribution is 2.30. The van der Waals surface area contributed by atoms with E-state index in [0.717, 1.165) is 18.2 Å². The minimum absolute atomic E-state index is 0.0299. The molecule has 140 valence electrons. The second kappa shape index (κ2) is 6.98. The summed E-state index contributed by atoms with van der Waals surface area (Å²) in [6.45, 7) is -0.410. The third kappa shape index (κ3) is 4.17. The number of hydrogen-bond donors (Lipinski definition) is 2. The maximum absolute atomic E-state index is 12.6. The molecule has 0 radical (unpaired) electrons. The van der Waals surface area contributed by atoms with Gasteiger partial charge in [-0.05, 0) is 24.3 Å². The van der Waals surface area contributed by atoms with Crippen LogP contribution in [0.25, 0.3) is 11.4 Å². The molecule has 2 aromatic carbocycles. The Hall–Kier alpha value is -3.56. The van der Waals surface area contributed by atoms with Gasteiger partial charge in [-0.25, -0.2) is 4.79 Å². The standard InChI is InChI=1S/C17H11F3N2O5/c18-17(19,20)10-3-1-9(2-4-10)15-21-14(27-22-15)8-26-16(25)12-6-5-11(23)7-13(12)24/h1-7,23-24H,8H2. The molecule has 7 nitrogen and oxygen atoms in total. The Morgan fingerprint density at radius 3 is 2.44 bits per heavy atom. The number of esters is 1. The Bertz CT molecular complexity index is 967. The van der Waals surface area contributed by atoms with Gasteiger partial charge in [0.1, 0.15) is 17.1 Å². The van der Waals surface area contributed by atoms with Crippen LogP contribution in [0.2, 0.25) is 0 Å². The lowest BCUT2D eigenvalue weighted by Gasteiger charge is -2.05. The van der Waals surface area contributed by atoms with Gasteiger partial charge in [-0.2, -0.15) is 18.2 Å². The molecule has 2 N–H and O–H groups in total. The van der Waals surface area contributed by atoms with Crippen molar-refractivity contribution in [1.29, 1.82) is 0 Å². The van der Waals surface area contributed by atoms with Crippen LogP contribution in [0.15, 0.2) is 47.0 Å². The lowest BCUT2D eigenvalue weighted by Crippen LogP contribution is -2.05. The number of benzene rings is 2. The van der Waals surface area contributed by atoms with Crippen LogP contribution in [0.3, 0.4) is 0 Å². The number of rotatable bonds is 4. The molecule has 0 aliphatic heterocycles. The van der Waals surface area contributed by atoms with E-state index in [1.165, 1.54) is 24.3 Å². The van der Waals surface area contributed by atoms with E-state index in [2.05, 4.69) is 10.1 Å². The Morgan fingerprint density at radius 1 is 1.11 bits per heavy atom. The van der Waals surface area contributed by atoms with Crippen LogP contribution in [-0.4, -0.2) is 26.3 Å². The van der Waals surface area contributed by atoms with Gasteiger partial charge < -0.3 is 19.5 Å². The van der Waals surface area contributed by atoms with Gasteiger partial charge in [0.25, 0.3) is 5.89 Å². The van der Waals surface area contributed by atoms with E-state index in [1.807, 2.05) is 0 Å². The third-order valence-electron chi connectivity index (χ3n) is 3.47. The Kier molecular flexibility index (Phi) is 4.72. The van der Waals surface area contributed by atoms with Crippen LogP contribution < -0.4 is 0 Å². The smallest absolute Gasteiger partial charge is 0.416 e. The monoisotopic (exact) mass is 380 g/mol. The van der Waals surface area contributed by atoms with Crippen LogP contribution in [0.5, 0.6) is 11.5 Å². The van der Waals surface area contributed by atoms with Gasteiger partial charge in [0.05, 0.1) is 5.56 Å². The van der Waals surface area contributed by atoms with Gasteiger partial charge in [-0.1, -0.05) is 17.3 Å². The summed E-state index contributed by atoms with van der Waals surface area (Å²) >= 11 is 0. The first-order valence-corrected chi connectivity index (χ1v) is 7.43. The van der Waals surface area contributed by atoms with Gasteiger partial charge in [-0.3, -0.25) is 0 Å². The summed E-state index contributed by atoms with van der Waals surface area (Å²) in [6.07, 6.45) is -4.45. The number of alkyl halides is 3. The average molecular weight is 380 g/mol. The van der Waals surface area contributed by atoms with E-state index in [1.54, 1.807) is 0 Å². The van der Waals surface area contributed by atoms with Crippen molar-refractivity contribution in [2.45, 2.75) is 12.8 Å². The SMILES string of the molecule is O=C(OCc1nc(-c2ccc(C(F)(F)F)cc2)no1)c1ccc(O)cc1O. The number of aromatic hydroxyl groups is 2. The van der Waals surface area contributed by atoms with Crippen LogP contribution >= 0.6 is 0 Å². The molecule has 0 atom stereocenters. The minimum Gasteiger partial charge on any atom is -0.508 e.